The first-order valence-electron chi connectivity index (χ1n) is 5.84. The number of nitrogens with one attached hydrogen (secondary N) is 1. The number of morpholine rings is 1. The quantitative estimate of drug-likeness (QED) is 0.747. The summed E-state index contributed by atoms with van der Waals surface area (Å²) in [5, 5.41) is 2.77. The highest BCUT2D eigenvalue weighted by atomic mass is 16.5. The number of amides is 1. The van der Waals surface area contributed by atoms with Crippen molar-refractivity contribution in [1.82, 2.24) is 5.32 Å². The highest BCUT2D eigenvalue weighted by Crippen LogP contribution is 2.30. The van der Waals surface area contributed by atoms with Crippen molar-refractivity contribution in [3.8, 4) is 0 Å². The van der Waals surface area contributed by atoms with Crippen LogP contribution in [0.5, 0.6) is 0 Å². The van der Waals surface area contributed by atoms with Crippen molar-refractivity contribution in [3.63, 3.8) is 0 Å². The van der Waals surface area contributed by atoms with Crippen molar-refractivity contribution in [2.24, 2.45) is 0 Å². The molecule has 0 radical (unpaired) electrons. The van der Waals surface area contributed by atoms with Crippen LogP contribution < -0.4 is 5.32 Å². The number of fused-ring (bicyclic) bond motifs is 1. The van der Waals surface area contributed by atoms with E-state index in [0.717, 1.165) is 16.7 Å². The largest absolute Gasteiger partial charge is 0.457 e. The van der Waals surface area contributed by atoms with Crippen LogP contribution in [0.25, 0.3) is 0 Å². The van der Waals surface area contributed by atoms with E-state index >= 15 is 0 Å². The Morgan fingerprint density at radius 3 is 2.83 bits per heavy atom. The summed E-state index contributed by atoms with van der Waals surface area (Å²) in [6.07, 6.45) is -0.149. The normalized spacial score (nSPS) is 22.4. The zero-order valence-corrected chi connectivity index (χ0v) is 9.99. The Morgan fingerprint density at radius 2 is 2.11 bits per heavy atom. The summed E-state index contributed by atoms with van der Waals surface area (Å²) in [6, 6.07) is 3.65. The molecule has 0 aromatic heterocycles. The molecule has 0 aliphatic carbocycles. The van der Waals surface area contributed by atoms with Crippen molar-refractivity contribution in [2.45, 2.75) is 19.6 Å². The molecule has 2 heterocycles. The maximum Gasteiger partial charge on any atom is 0.338 e. The molecule has 5 heteroatoms. The third-order valence-electron chi connectivity index (χ3n) is 3.45. The van der Waals surface area contributed by atoms with E-state index in [1.54, 1.807) is 6.07 Å². The van der Waals surface area contributed by atoms with Crippen molar-refractivity contribution in [1.29, 1.82) is 0 Å². The summed E-state index contributed by atoms with van der Waals surface area (Å²) in [6.45, 7) is 2.83. The highest BCUT2D eigenvalue weighted by molar-refractivity contribution is 5.94. The summed E-state index contributed by atoms with van der Waals surface area (Å²) in [4.78, 5) is 22.5. The van der Waals surface area contributed by atoms with Gasteiger partial charge in [-0.2, -0.15) is 0 Å². The molecule has 1 atom stereocenters. The number of hydrogen-bond acceptors (Lipinski definition) is 4. The molecule has 1 fully saturated rings. The van der Waals surface area contributed by atoms with Crippen molar-refractivity contribution >= 4 is 11.9 Å². The van der Waals surface area contributed by atoms with E-state index in [2.05, 4.69) is 5.32 Å². The molecule has 18 heavy (non-hydrogen) atoms. The molecule has 1 aromatic rings. The zero-order valence-electron chi connectivity index (χ0n) is 9.99. The van der Waals surface area contributed by atoms with Gasteiger partial charge in [0.15, 0.2) is 0 Å². The monoisotopic (exact) mass is 247 g/mol. The van der Waals surface area contributed by atoms with Gasteiger partial charge >= 0.3 is 5.97 Å². The molecule has 1 saturated heterocycles. The van der Waals surface area contributed by atoms with Gasteiger partial charge < -0.3 is 14.8 Å². The van der Waals surface area contributed by atoms with Gasteiger partial charge in [-0.15, -0.1) is 0 Å². The minimum Gasteiger partial charge on any atom is -0.457 e. The highest BCUT2D eigenvalue weighted by Gasteiger charge is 2.28. The van der Waals surface area contributed by atoms with Crippen LogP contribution in [-0.2, 0) is 20.9 Å². The van der Waals surface area contributed by atoms with Crippen LogP contribution in [-0.4, -0.2) is 25.0 Å². The van der Waals surface area contributed by atoms with Crippen LogP contribution in [0.1, 0.15) is 33.2 Å². The number of cyclic esters (lactones) is 1. The van der Waals surface area contributed by atoms with E-state index in [1.165, 1.54) is 0 Å². The molecule has 3 rings (SSSR count). The molecule has 2 aliphatic rings. The molecular formula is C13H13NO4. The van der Waals surface area contributed by atoms with Crippen LogP contribution in [0, 0.1) is 6.92 Å². The van der Waals surface area contributed by atoms with Gasteiger partial charge in [0, 0.05) is 12.1 Å². The second-order valence-electron chi connectivity index (χ2n) is 4.49. The fourth-order valence-corrected chi connectivity index (χ4v) is 2.41. The first kappa shape index (κ1) is 11.2. The standard InChI is InChI=1S/C13H13NO4/c1-7-8(11-4-14-12(15)6-17-11)2-3-9-10(7)5-18-13(9)16/h2-3,11H,4-6H2,1H3,(H,14,15). The molecule has 1 aromatic carbocycles. The second-order valence-corrected chi connectivity index (χ2v) is 4.49. The minimum absolute atomic E-state index is 0.0800. The lowest BCUT2D eigenvalue weighted by Gasteiger charge is -2.25. The lowest BCUT2D eigenvalue weighted by Crippen LogP contribution is -2.39. The van der Waals surface area contributed by atoms with Crippen LogP contribution >= 0.6 is 0 Å². The Labute approximate surface area is 104 Å². The molecule has 5 nitrogen and oxygen atoms in total. The van der Waals surface area contributed by atoms with Gasteiger partial charge in [0.25, 0.3) is 0 Å². The summed E-state index contributed by atoms with van der Waals surface area (Å²) in [5.41, 5.74) is 3.58. The number of hydrogen-bond donors (Lipinski definition) is 1. The Kier molecular flexibility index (Phi) is 2.56. The van der Waals surface area contributed by atoms with Gasteiger partial charge in [0.1, 0.15) is 19.3 Å². The molecule has 2 aliphatic heterocycles. The number of carbonyl (C=O) groups is 2. The molecule has 1 N–H and O–H groups in total. The van der Waals surface area contributed by atoms with Crippen molar-refractivity contribution < 1.29 is 19.1 Å². The van der Waals surface area contributed by atoms with Gasteiger partial charge in [-0.1, -0.05) is 6.07 Å². The predicted molar refractivity (Wildman–Crippen MR) is 62.0 cm³/mol. The number of ether oxygens (including phenoxy) is 2. The molecule has 0 bridgehead atoms. The molecule has 0 spiro atoms. The van der Waals surface area contributed by atoms with E-state index in [0.29, 0.717) is 18.7 Å². The summed E-state index contributed by atoms with van der Waals surface area (Å²) in [7, 11) is 0. The number of carbonyl (C=O) groups excluding carboxylic acids is 2. The fourth-order valence-electron chi connectivity index (χ4n) is 2.41. The summed E-state index contributed by atoms with van der Waals surface area (Å²) < 4.78 is 10.5. The minimum atomic E-state index is -0.266. The second kappa shape index (κ2) is 4.10. The molecule has 0 saturated carbocycles. The Hall–Kier alpha value is -1.88. The first-order chi connectivity index (χ1) is 8.66. The van der Waals surface area contributed by atoms with Crippen LogP contribution in [0.4, 0.5) is 0 Å². The van der Waals surface area contributed by atoms with Gasteiger partial charge in [0.2, 0.25) is 5.91 Å². The Morgan fingerprint density at radius 1 is 1.28 bits per heavy atom. The lowest BCUT2D eigenvalue weighted by molar-refractivity contribution is -0.133. The first-order valence-corrected chi connectivity index (χ1v) is 5.84. The zero-order chi connectivity index (χ0) is 12.7. The Bertz CT molecular complexity index is 528. The lowest BCUT2D eigenvalue weighted by atomic mass is 9.95. The maximum atomic E-state index is 11.4. The van der Waals surface area contributed by atoms with E-state index in [9.17, 15) is 9.59 Å². The summed E-state index contributed by atoms with van der Waals surface area (Å²) in [5.74, 6) is -0.360. The number of esters is 1. The van der Waals surface area contributed by atoms with E-state index in [1.807, 2.05) is 13.0 Å². The van der Waals surface area contributed by atoms with Gasteiger partial charge in [-0.05, 0) is 24.1 Å². The average molecular weight is 247 g/mol. The third kappa shape index (κ3) is 1.67. The molecule has 94 valence electrons. The van der Waals surface area contributed by atoms with Crippen LogP contribution in [0.2, 0.25) is 0 Å². The SMILES string of the molecule is Cc1c(C2CNC(=O)CO2)ccc2c1COC2=O. The van der Waals surface area contributed by atoms with Crippen molar-refractivity contribution in [3.05, 3.63) is 34.4 Å². The van der Waals surface area contributed by atoms with Gasteiger partial charge in [-0.3, -0.25) is 4.79 Å². The molecule has 1 amide bonds. The third-order valence-corrected chi connectivity index (χ3v) is 3.45. The van der Waals surface area contributed by atoms with E-state index < -0.39 is 0 Å². The maximum absolute atomic E-state index is 11.4. The average Bonchev–Trinajstić information content (AvgIpc) is 2.74. The Balaban J connectivity index is 1.94. The van der Waals surface area contributed by atoms with Crippen LogP contribution in [0.3, 0.4) is 0 Å². The summed E-state index contributed by atoms with van der Waals surface area (Å²) >= 11 is 0. The number of rotatable bonds is 1. The van der Waals surface area contributed by atoms with Crippen molar-refractivity contribution in [2.75, 3.05) is 13.2 Å². The predicted octanol–water partition coefficient (Wildman–Crippen LogP) is 0.853. The van der Waals surface area contributed by atoms with E-state index in [-0.39, 0.29) is 24.6 Å². The van der Waals surface area contributed by atoms with Crippen LogP contribution in [0.15, 0.2) is 12.1 Å². The molecular weight excluding hydrogens is 234 g/mol. The van der Waals surface area contributed by atoms with Gasteiger partial charge in [-0.25, -0.2) is 4.79 Å². The van der Waals surface area contributed by atoms with Gasteiger partial charge in [0.05, 0.1) is 5.56 Å². The molecule has 1 unspecified atom stereocenters. The number of benzene rings is 1. The topological polar surface area (TPSA) is 64.6 Å². The fraction of sp³-hybridized carbons (Fsp3) is 0.385. The smallest absolute Gasteiger partial charge is 0.338 e. The van der Waals surface area contributed by atoms with E-state index in [4.69, 9.17) is 9.47 Å².